The average Bonchev–Trinajstić information content (AvgIpc) is 2.84. The number of anilines is 1. The maximum absolute atomic E-state index is 4.65. The summed E-state index contributed by atoms with van der Waals surface area (Å²) in [6.45, 7) is 9.28. The summed E-state index contributed by atoms with van der Waals surface area (Å²) in [6, 6.07) is 0. The number of aromatic amines is 1. The first-order valence-corrected chi connectivity index (χ1v) is 7.19. The summed E-state index contributed by atoms with van der Waals surface area (Å²) in [7, 11) is 0. The number of halogens is 1. The summed E-state index contributed by atoms with van der Waals surface area (Å²) in [5.41, 5.74) is 1.61. The summed E-state index contributed by atoms with van der Waals surface area (Å²) in [5.74, 6) is 1.44. The predicted octanol–water partition coefficient (Wildman–Crippen LogP) is 2.60. The average molecular weight is 372 g/mol. The molecule has 0 spiro atoms. The highest BCUT2D eigenvalue weighted by atomic mass is 127. The highest BCUT2D eigenvalue weighted by molar-refractivity contribution is 14.1. The molecule has 0 amide bonds. The van der Waals surface area contributed by atoms with E-state index in [1.165, 1.54) is 0 Å². The predicted molar refractivity (Wildman–Crippen MR) is 83.0 cm³/mol. The molecule has 6 nitrogen and oxygen atoms in total. The van der Waals surface area contributed by atoms with Crippen molar-refractivity contribution in [2.75, 3.05) is 11.9 Å². The lowest BCUT2D eigenvalue weighted by Crippen LogP contribution is -2.19. The molecule has 0 saturated heterocycles. The first-order valence-electron chi connectivity index (χ1n) is 6.11. The molecule has 0 bridgehead atoms. The van der Waals surface area contributed by atoms with Gasteiger partial charge in [0.15, 0.2) is 5.82 Å². The van der Waals surface area contributed by atoms with E-state index in [2.05, 4.69) is 74.1 Å². The molecular weight excluding hydrogens is 355 g/mol. The maximum atomic E-state index is 4.65. The molecule has 2 aromatic heterocycles. The first kappa shape index (κ1) is 14.2. The topological polar surface area (TPSA) is 79.4 Å². The molecule has 0 unspecified atom stereocenters. The van der Waals surface area contributed by atoms with Gasteiger partial charge in [0.25, 0.3) is 0 Å². The van der Waals surface area contributed by atoms with Crippen molar-refractivity contribution in [2.45, 2.75) is 33.1 Å². The molecule has 0 aromatic carbocycles. The standard InChI is InChI=1S/C12H17IN6/c1-5-14-11-8(13)9(12(2,3)4)16-10(17-11)7-6-15-19-18-7/h6H,5H2,1-4H3,(H,14,16,17)(H,15,18,19). The van der Waals surface area contributed by atoms with Crippen molar-refractivity contribution < 1.29 is 0 Å². The Hall–Kier alpha value is -1.25. The zero-order valence-electron chi connectivity index (χ0n) is 11.5. The molecule has 0 atom stereocenters. The lowest BCUT2D eigenvalue weighted by Gasteiger charge is -2.21. The summed E-state index contributed by atoms with van der Waals surface area (Å²) < 4.78 is 1.05. The lowest BCUT2D eigenvalue weighted by molar-refractivity contribution is 0.564. The Morgan fingerprint density at radius 3 is 2.58 bits per heavy atom. The fourth-order valence-corrected chi connectivity index (χ4v) is 2.89. The second kappa shape index (κ2) is 5.40. The number of nitrogens with one attached hydrogen (secondary N) is 2. The molecule has 0 saturated carbocycles. The second-order valence-corrected chi connectivity index (χ2v) is 6.27. The van der Waals surface area contributed by atoms with Crippen LogP contribution >= 0.6 is 22.6 Å². The van der Waals surface area contributed by atoms with E-state index in [4.69, 9.17) is 0 Å². The Balaban J connectivity index is 2.61. The highest BCUT2D eigenvalue weighted by Gasteiger charge is 2.23. The van der Waals surface area contributed by atoms with Crippen LogP contribution in [0.1, 0.15) is 33.4 Å². The molecule has 2 heterocycles. The van der Waals surface area contributed by atoms with Crippen LogP contribution in [-0.2, 0) is 5.41 Å². The van der Waals surface area contributed by atoms with E-state index in [1.54, 1.807) is 6.20 Å². The summed E-state index contributed by atoms with van der Waals surface area (Å²) in [5, 5.41) is 13.7. The Kier molecular flexibility index (Phi) is 4.02. The number of aromatic nitrogens is 5. The van der Waals surface area contributed by atoms with Gasteiger partial charge in [0.05, 0.1) is 15.5 Å². The zero-order valence-corrected chi connectivity index (χ0v) is 13.6. The van der Waals surface area contributed by atoms with Crippen LogP contribution < -0.4 is 5.32 Å². The molecular formula is C12H17IN6. The van der Waals surface area contributed by atoms with Crippen LogP contribution in [0.4, 0.5) is 5.82 Å². The smallest absolute Gasteiger partial charge is 0.184 e. The van der Waals surface area contributed by atoms with Crippen LogP contribution in [0.5, 0.6) is 0 Å². The minimum Gasteiger partial charge on any atom is -0.369 e. The molecule has 0 aliphatic heterocycles. The van der Waals surface area contributed by atoms with Crippen LogP contribution in [0.3, 0.4) is 0 Å². The summed E-state index contributed by atoms with van der Waals surface area (Å²) >= 11 is 2.29. The van der Waals surface area contributed by atoms with Gasteiger partial charge in [0.1, 0.15) is 11.5 Å². The molecule has 0 fully saturated rings. The summed E-state index contributed by atoms with van der Waals surface area (Å²) in [6.07, 6.45) is 1.63. The van der Waals surface area contributed by atoms with Crippen molar-refractivity contribution in [1.82, 2.24) is 25.4 Å². The quantitative estimate of drug-likeness (QED) is 0.810. The third-order valence-electron chi connectivity index (χ3n) is 2.55. The van der Waals surface area contributed by atoms with Crippen molar-refractivity contribution in [3.63, 3.8) is 0 Å². The van der Waals surface area contributed by atoms with Crippen LogP contribution in [-0.4, -0.2) is 31.9 Å². The molecule has 19 heavy (non-hydrogen) atoms. The van der Waals surface area contributed by atoms with E-state index in [9.17, 15) is 0 Å². The minimum atomic E-state index is -0.0535. The Labute approximate surface area is 126 Å². The van der Waals surface area contributed by atoms with E-state index in [0.717, 1.165) is 21.6 Å². The maximum Gasteiger partial charge on any atom is 0.184 e. The van der Waals surface area contributed by atoms with Gasteiger partial charge >= 0.3 is 0 Å². The molecule has 0 aliphatic carbocycles. The Bertz CT molecular complexity index is 558. The minimum absolute atomic E-state index is 0.0535. The molecule has 0 radical (unpaired) electrons. The number of hydrogen-bond donors (Lipinski definition) is 2. The van der Waals surface area contributed by atoms with Gasteiger partial charge < -0.3 is 5.32 Å². The van der Waals surface area contributed by atoms with Crippen LogP contribution in [0.25, 0.3) is 11.5 Å². The van der Waals surface area contributed by atoms with Crippen LogP contribution in [0, 0.1) is 3.57 Å². The fraction of sp³-hybridized carbons (Fsp3) is 0.500. The number of nitrogens with zero attached hydrogens (tertiary/aromatic N) is 4. The molecule has 2 rings (SSSR count). The van der Waals surface area contributed by atoms with Crippen molar-refractivity contribution in [3.8, 4) is 11.5 Å². The van der Waals surface area contributed by atoms with E-state index in [-0.39, 0.29) is 5.41 Å². The molecule has 2 aromatic rings. The molecule has 102 valence electrons. The lowest BCUT2D eigenvalue weighted by atomic mass is 9.92. The van der Waals surface area contributed by atoms with Gasteiger partial charge in [-0.05, 0) is 29.5 Å². The van der Waals surface area contributed by atoms with Crippen molar-refractivity contribution >= 4 is 28.4 Å². The second-order valence-electron chi connectivity index (χ2n) is 5.19. The third kappa shape index (κ3) is 3.02. The van der Waals surface area contributed by atoms with Crippen molar-refractivity contribution in [3.05, 3.63) is 15.5 Å². The van der Waals surface area contributed by atoms with Crippen molar-refractivity contribution in [1.29, 1.82) is 0 Å². The van der Waals surface area contributed by atoms with Gasteiger partial charge in [0.2, 0.25) is 0 Å². The van der Waals surface area contributed by atoms with E-state index < -0.39 is 0 Å². The molecule has 2 N–H and O–H groups in total. The zero-order chi connectivity index (χ0) is 14.0. The normalized spacial score (nSPS) is 11.6. The molecule has 7 heteroatoms. The SMILES string of the molecule is CCNc1nc(-c2cn[nH]n2)nc(C(C)(C)C)c1I. The van der Waals surface area contributed by atoms with Gasteiger partial charge in [-0.25, -0.2) is 9.97 Å². The van der Waals surface area contributed by atoms with E-state index >= 15 is 0 Å². The van der Waals surface area contributed by atoms with Gasteiger partial charge in [-0.3, -0.25) is 0 Å². The van der Waals surface area contributed by atoms with Gasteiger partial charge in [-0.2, -0.15) is 15.4 Å². The van der Waals surface area contributed by atoms with Gasteiger partial charge in [-0.15, -0.1) is 0 Å². The number of H-pyrrole nitrogens is 1. The first-order chi connectivity index (χ1) is 8.93. The largest absolute Gasteiger partial charge is 0.369 e. The summed E-state index contributed by atoms with van der Waals surface area (Å²) in [4.78, 5) is 9.17. The van der Waals surface area contributed by atoms with Crippen LogP contribution in [0.15, 0.2) is 6.20 Å². The Morgan fingerprint density at radius 1 is 1.32 bits per heavy atom. The van der Waals surface area contributed by atoms with Gasteiger partial charge in [-0.1, -0.05) is 20.8 Å². The highest BCUT2D eigenvalue weighted by Crippen LogP contribution is 2.30. The van der Waals surface area contributed by atoms with E-state index in [0.29, 0.717) is 11.5 Å². The monoisotopic (exact) mass is 372 g/mol. The van der Waals surface area contributed by atoms with Gasteiger partial charge in [0, 0.05) is 12.0 Å². The third-order valence-corrected chi connectivity index (χ3v) is 3.57. The van der Waals surface area contributed by atoms with E-state index in [1.807, 2.05) is 6.92 Å². The fourth-order valence-electron chi connectivity index (χ4n) is 1.65. The number of rotatable bonds is 3. The van der Waals surface area contributed by atoms with Crippen LogP contribution in [0.2, 0.25) is 0 Å². The number of hydrogen-bond acceptors (Lipinski definition) is 5. The van der Waals surface area contributed by atoms with Crippen molar-refractivity contribution in [2.24, 2.45) is 0 Å². The Morgan fingerprint density at radius 2 is 2.05 bits per heavy atom. The molecule has 0 aliphatic rings.